The molecule has 0 aliphatic carbocycles. The largest absolute Gasteiger partial charge is 0.497 e. The van der Waals surface area contributed by atoms with Crippen molar-refractivity contribution in [2.24, 2.45) is 0 Å². The maximum atomic E-state index is 14.5. The maximum absolute atomic E-state index is 14.5. The van der Waals surface area contributed by atoms with Crippen molar-refractivity contribution in [1.82, 2.24) is 0 Å². The van der Waals surface area contributed by atoms with Gasteiger partial charge in [0.15, 0.2) is 0 Å². The molecule has 2 nitrogen and oxygen atoms in total. The Morgan fingerprint density at radius 2 is 1.64 bits per heavy atom. The first-order chi connectivity index (χ1) is 10.6. The summed E-state index contributed by atoms with van der Waals surface area (Å²) in [4.78, 5) is 0.812. The molecule has 0 saturated heterocycles. The Labute approximate surface area is 133 Å². The van der Waals surface area contributed by atoms with Crippen LogP contribution >= 0.6 is 11.8 Å². The molecule has 5 heteroatoms. The predicted molar refractivity (Wildman–Crippen MR) is 84.9 cm³/mol. The Morgan fingerprint density at radius 1 is 1.00 bits per heavy atom. The van der Waals surface area contributed by atoms with Gasteiger partial charge < -0.3 is 9.47 Å². The molecule has 0 heterocycles. The van der Waals surface area contributed by atoms with Gasteiger partial charge in [-0.05, 0) is 29.8 Å². The number of benzene rings is 2. The number of ether oxygens (including phenoxy) is 2. The second-order valence-corrected chi connectivity index (χ2v) is 5.80. The molecule has 0 radical (unpaired) electrons. The van der Waals surface area contributed by atoms with Crippen molar-refractivity contribution in [1.29, 1.82) is 0 Å². The highest BCUT2D eigenvalue weighted by atomic mass is 32.2. The van der Waals surface area contributed by atoms with Crippen molar-refractivity contribution in [3.63, 3.8) is 0 Å². The smallest absolute Gasteiger partial charge is 0.287 e. The zero-order valence-corrected chi connectivity index (χ0v) is 13.3. The number of alkyl halides is 2. The summed E-state index contributed by atoms with van der Waals surface area (Å²) in [6.45, 7) is 0. The molecule has 0 aliphatic heterocycles. The first-order valence-electron chi connectivity index (χ1n) is 6.79. The van der Waals surface area contributed by atoms with Crippen LogP contribution in [0, 0.1) is 0 Å². The van der Waals surface area contributed by atoms with Crippen molar-refractivity contribution >= 4 is 11.8 Å². The minimum absolute atomic E-state index is 0.346. The van der Waals surface area contributed by atoms with E-state index in [-0.39, 0.29) is 5.75 Å². The summed E-state index contributed by atoms with van der Waals surface area (Å²) in [5.41, 5.74) is 0.432. The summed E-state index contributed by atoms with van der Waals surface area (Å²) in [5.74, 6) is -2.70. The molecular formula is C17H18F2O2S. The second-order valence-electron chi connectivity index (χ2n) is 4.75. The molecule has 0 aromatic heterocycles. The predicted octanol–water partition coefficient (Wildman–Crippen LogP) is 4.81. The van der Waals surface area contributed by atoms with E-state index in [2.05, 4.69) is 0 Å². The van der Waals surface area contributed by atoms with Gasteiger partial charge in [0.1, 0.15) is 11.9 Å². The quantitative estimate of drug-likeness (QED) is 0.681. The first kappa shape index (κ1) is 16.8. The standard InChI is InChI=1S/C17H18F2O2S/c1-20-14-10-8-13(9-11-14)16(21-2)17(18,19)12-22-15-6-4-3-5-7-15/h3-11,16H,12H2,1-2H3. The SMILES string of the molecule is COc1ccc(C(OC)C(F)(F)CSc2ccccc2)cc1. The van der Waals surface area contributed by atoms with Gasteiger partial charge in [-0.3, -0.25) is 0 Å². The minimum Gasteiger partial charge on any atom is -0.497 e. The highest BCUT2D eigenvalue weighted by Gasteiger charge is 2.41. The Bertz CT molecular complexity index is 573. The van der Waals surface area contributed by atoms with E-state index in [1.54, 1.807) is 24.3 Å². The van der Waals surface area contributed by atoms with Gasteiger partial charge in [-0.15, -0.1) is 11.8 Å². The van der Waals surface area contributed by atoms with Gasteiger partial charge in [-0.2, -0.15) is 0 Å². The molecule has 2 rings (SSSR count). The van der Waals surface area contributed by atoms with E-state index in [1.165, 1.54) is 14.2 Å². The first-order valence-corrected chi connectivity index (χ1v) is 7.78. The summed E-state index contributed by atoms with van der Waals surface area (Å²) in [6, 6.07) is 15.7. The van der Waals surface area contributed by atoms with E-state index in [0.29, 0.717) is 11.3 Å². The molecule has 0 saturated carbocycles. The van der Waals surface area contributed by atoms with Crippen LogP contribution in [-0.2, 0) is 4.74 Å². The van der Waals surface area contributed by atoms with Crippen LogP contribution in [0.15, 0.2) is 59.5 Å². The zero-order valence-electron chi connectivity index (χ0n) is 12.5. The fourth-order valence-electron chi connectivity index (χ4n) is 2.10. The van der Waals surface area contributed by atoms with Gasteiger partial charge in [-0.1, -0.05) is 30.3 Å². The summed E-state index contributed by atoms with van der Waals surface area (Å²) >= 11 is 1.12. The van der Waals surface area contributed by atoms with Crippen LogP contribution in [0.1, 0.15) is 11.7 Å². The fraction of sp³-hybridized carbons (Fsp3) is 0.294. The van der Waals surface area contributed by atoms with E-state index in [1.807, 2.05) is 30.3 Å². The van der Waals surface area contributed by atoms with Gasteiger partial charge in [-0.25, -0.2) is 8.78 Å². The third-order valence-corrected chi connectivity index (χ3v) is 4.35. The van der Waals surface area contributed by atoms with Crippen molar-refractivity contribution < 1.29 is 18.3 Å². The lowest BCUT2D eigenvalue weighted by molar-refractivity contribution is -0.109. The van der Waals surface area contributed by atoms with E-state index in [4.69, 9.17) is 9.47 Å². The topological polar surface area (TPSA) is 18.5 Å². The molecule has 0 bridgehead atoms. The lowest BCUT2D eigenvalue weighted by atomic mass is 10.0. The van der Waals surface area contributed by atoms with Crippen LogP contribution < -0.4 is 4.74 Å². The molecule has 2 aromatic carbocycles. The average Bonchev–Trinajstić information content (AvgIpc) is 2.55. The van der Waals surface area contributed by atoms with Crippen molar-refractivity contribution in [3.8, 4) is 5.75 Å². The number of halogens is 2. The number of methoxy groups -OCH3 is 2. The van der Waals surface area contributed by atoms with Crippen LogP contribution in [0.25, 0.3) is 0 Å². The lowest BCUT2D eigenvalue weighted by Gasteiger charge is -2.26. The highest BCUT2D eigenvalue weighted by molar-refractivity contribution is 7.99. The molecule has 0 spiro atoms. The molecule has 0 fully saturated rings. The van der Waals surface area contributed by atoms with Gasteiger partial charge in [0, 0.05) is 12.0 Å². The molecule has 0 amide bonds. The van der Waals surface area contributed by atoms with Crippen LogP contribution in [0.5, 0.6) is 5.75 Å². The lowest BCUT2D eigenvalue weighted by Crippen LogP contribution is -2.30. The third-order valence-electron chi connectivity index (χ3n) is 3.21. The normalized spacial score (nSPS) is 12.9. The molecule has 1 atom stereocenters. The van der Waals surface area contributed by atoms with E-state index in [9.17, 15) is 8.78 Å². The van der Waals surface area contributed by atoms with Gasteiger partial charge >= 0.3 is 0 Å². The molecule has 1 unspecified atom stereocenters. The summed E-state index contributed by atoms with van der Waals surface area (Å²) in [7, 11) is 2.84. The van der Waals surface area contributed by atoms with Crippen LogP contribution in [-0.4, -0.2) is 25.9 Å². The zero-order chi connectivity index (χ0) is 16.0. The fourth-order valence-corrected chi connectivity index (χ4v) is 2.96. The molecule has 22 heavy (non-hydrogen) atoms. The minimum atomic E-state index is -2.98. The third kappa shape index (κ3) is 4.21. The number of hydrogen-bond donors (Lipinski definition) is 0. The maximum Gasteiger partial charge on any atom is 0.287 e. The molecule has 0 aliphatic rings. The molecule has 0 N–H and O–H groups in total. The second kappa shape index (κ2) is 7.61. The van der Waals surface area contributed by atoms with Gasteiger partial charge in [0.05, 0.1) is 12.9 Å². The Balaban J connectivity index is 2.09. The van der Waals surface area contributed by atoms with Gasteiger partial charge in [0.2, 0.25) is 0 Å². The van der Waals surface area contributed by atoms with Crippen LogP contribution in [0.3, 0.4) is 0 Å². The van der Waals surface area contributed by atoms with Crippen LogP contribution in [0.2, 0.25) is 0 Å². The molecule has 2 aromatic rings. The number of rotatable bonds is 7. The van der Waals surface area contributed by atoms with E-state index in [0.717, 1.165) is 16.7 Å². The Morgan fingerprint density at radius 3 is 2.18 bits per heavy atom. The highest BCUT2D eigenvalue weighted by Crippen LogP contribution is 2.38. The monoisotopic (exact) mass is 324 g/mol. The number of thioether (sulfide) groups is 1. The number of hydrogen-bond acceptors (Lipinski definition) is 3. The summed E-state index contributed by atoms with van der Waals surface area (Å²) in [6.07, 6.45) is -1.28. The summed E-state index contributed by atoms with van der Waals surface area (Å²) in [5, 5.41) is 0. The molecular weight excluding hydrogens is 306 g/mol. The average molecular weight is 324 g/mol. The van der Waals surface area contributed by atoms with E-state index >= 15 is 0 Å². The Kier molecular flexibility index (Phi) is 5.80. The van der Waals surface area contributed by atoms with Crippen molar-refractivity contribution in [2.45, 2.75) is 16.9 Å². The molecule has 118 valence electrons. The van der Waals surface area contributed by atoms with E-state index < -0.39 is 12.0 Å². The van der Waals surface area contributed by atoms with Crippen molar-refractivity contribution in [2.75, 3.05) is 20.0 Å². The van der Waals surface area contributed by atoms with Crippen LogP contribution in [0.4, 0.5) is 8.78 Å². The Hall–Kier alpha value is -1.59. The van der Waals surface area contributed by atoms with Gasteiger partial charge in [0.25, 0.3) is 5.92 Å². The summed E-state index contributed by atoms with van der Waals surface area (Å²) < 4.78 is 39.0. The van der Waals surface area contributed by atoms with Crippen molar-refractivity contribution in [3.05, 3.63) is 60.2 Å².